The molecule has 1 atom stereocenters. The highest BCUT2D eigenvalue weighted by molar-refractivity contribution is 5.99. The summed E-state index contributed by atoms with van der Waals surface area (Å²) in [6, 6.07) is 11.2. The quantitative estimate of drug-likeness (QED) is 0.804. The molecule has 8 heteroatoms. The number of anilines is 1. The number of hydrogen-bond donors (Lipinski definition) is 2. The molecule has 2 N–H and O–H groups in total. The minimum absolute atomic E-state index is 0.0303. The highest BCUT2D eigenvalue weighted by Gasteiger charge is 2.24. The highest BCUT2D eigenvalue weighted by Crippen LogP contribution is 2.28. The van der Waals surface area contributed by atoms with Crippen LogP contribution in [0.5, 0.6) is 5.75 Å². The summed E-state index contributed by atoms with van der Waals surface area (Å²) in [6.07, 6.45) is 0. The first kappa shape index (κ1) is 19.4. The molecular formula is C21H22FN3O4. The molecule has 2 aromatic carbocycles. The van der Waals surface area contributed by atoms with Gasteiger partial charge in [0.2, 0.25) is 0 Å². The molecule has 2 aromatic rings. The largest absolute Gasteiger partial charge is 0.482 e. The molecule has 2 aliphatic rings. The second-order valence-electron chi connectivity index (χ2n) is 6.97. The Morgan fingerprint density at radius 3 is 2.69 bits per heavy atom. The van der Waals surface area contributed by atoms with Crippen molar-refractivity contribution in [3.8, 4) is 5.75 Å². The SMILES string of the molecule is O=C1COc2ccc(C(=O)NC[C@H](c3ccc(F)cc3)N3CCOCC3)cc2N1. The molecule has 2 amide bonds. The standard InChI is InChI=1S/C21H22FN3O4/c22-16-4-1-14(2-5-16)18(25-7-9-28-10-8-25)12-23-21(27)15-3-6-19-17(11-15)24-20(26)13-29-19/h1-6,11,18H,7-10,12-13H2,(H,23,27)(H,24,26)/t18-/m1/s1. The molecule has 7 nitrogen and oxygen atoms in total. The molecule has 29 heavy (non-hydrogen) atoms. The fourth-order valence-corrected chi connectivity index (χ4v) is 3.55. The predicted molar refractivity (Wildman–Crippen MR) is 104 cm³/mol. The average molecular weight is 399 g/mol. The van der Waals surface area contributed by atoms with Gasteiger partial charge in [0.05, 0.1) is 24.9 Å². The summed E-state index contributed by atoms with van der Waals surface area (Å²) in [5, 5.41) is 5.66. The van der Waals surface area contributed by atoms with E-state index in [4.69, 9.17) is 9.47 Å². The first-order chi connectivity index (χ1) is 14.1. The minimum atomic E-state index is -0.295. The molecule has 2 heterocycles. The number of benzene rings is 2. The zero-order valence-electron chi connectivity index (χ0n) is 15.8. The molecule has 0 bridgehead atoms. The molecule has 2 aliphatic heterocycles. The van der Waals surface area contributed by atoms with Crippen LogP contribution >= 0.6 is 0 Å². The Bertz CT molecular complexity index is 897. The van der Waals surface area contributed by atoms with E-state index in [0.29, 0.717) is 36.8 Å². The van der Waals surface area contributed by atoms with E-state index in [1.165, 1.54) is 12.1 Å². The number of ether oxygens (including phenoxy) is 2. The molecule has 0 unspecified atom stereocenters. The summed E-state index contributed by atoms with van der Waals surface area (Å²) >= 11 is 0. The smallest absolute Gasteiger partial charge is 0.262 e. The Morgan fingerprint density at radius 2 is 1.93 bits per heavy atom. The Hall–Kier alpha value is -2.97. The third-order valence-corrected chi connectivity index (χ3v) is 5.07. The van der Waals surface area contributed by atoms with Crippen LogP contribution in [0, 0.1) is 5.82 Å². The van der Waals surface area contributed by atoms with Gasteiger partial charge in [0, 0.05) is 25.2 Å². The third-order valence-electron chi connectivity index (χ3n) is 5.07. The lowest BCUT2D eigenvalue weighted by molar-refractivity contribution is -0.118. The number of amides is 2. The molecule has 152 valence electrons. The molecule has 0 spiro atoms. The van der Waals surface area contributed by atoms with Crippen LogP contribution in [0.15, 0.2) is 42.5 Å². The van der Waals surface area contributed by atoms with E-state index in [1.807, 2.05) is 0 Å². The first-order valence-corrected chi connectivity index (χ1v) is 9.52. The number of nitrogens with one attached hydrogen (secondary N) is 2. The summed E-state index contributed by atoms with van der Waals surface area (Å²) in [5.74, 6) is -0.262. The van der Waals surface area contributed by atoms with Crippen LogP contribution in [0.25, 0.3) is 0 Å². The minimum Gasteiger partial charge on any atom is -0.482 e. The average Bonchev–Trinajstić information content (AvgIpc) is 2.75. The van der Waals surface area contributed by atoms with Gasteiger partial charge >= 0.3 is 0 Å². The summed E-state index contributed by atoms with van der Waals surface area (Å²) in [7, 11) is 0. The van der Waals surface area contributed by atoms with Crippen molar-refractivity contribution in [2.24, 2.45) is 0 Å². The molecule has 0 saturated carbocycles. The monoisotopic (exact) mass is 399 g/mol. The Balaban J connectivity index is 1.48. The second kappa shape index (κ2) is 8.59. The van der Waals surface area contributed by atoms with Gasteiger partial charge in [-0.2, -0.15) is 0 Å². The number of morpholine rings is 1. The van der Waals surface area contributed by atoms with Crippen molar-refractivity contribution in [1.29, 1.82) is 0 Å². The molecule has 0 radical (unpaired) electrons. The van der Waals surface area contributed by atoms with E-state index >= 15 is 0 Å². The number of hydrogen-bond acceptors (Lipinski definition) is 5. The second-order valence-corrected chi connectivity index (χ2v) is 6.97. The molecule has 1 fully saturated rings. The molecule has 4 rings (SSSR count). The molecule has 1 saturated heterocycles. The lowest BCUT2D eigenvalue weighted by Gasteiger charge is -2.35. The number of carbonyl (C=O) groups excluding carboxylic acids is 2. The maximum absolute atomic E-state index is 13.3. The van der Waals surface area contributed by atoms with Gasteiger partial charge in [0.25, 0.3) is 11.8 Å². The molecular weight excluding hydrogens is 377 g/mol. The highest BCUT2D eigenvalue weighted by atomic mass is 19.1. The maximum Gasteiger partial charge on any atom is 0.262 e. The van der Waals surface area contributed by atoms with Gasteiger partial charge in [-0.05, 0) is 35.9 Å². The van der Waals surface area contributed by atoms with Gasteiger partial charge in [-0.3, -0.25) is 14.5 Å². The van der Waals surface area contributed by atoms with Gasteiger partial charge in [0.1, 0.15) is 11.6 Å². The number of rotatable bonds is 5. The molecule has 0 aromatic heterocycles. The Morgan fingerprint density at radius 1 is 1.17 bits per heavy atom. The van der Waals surface area contributed by atoms with Crippen LogP contribution in [0.1, 0.15) is 22.0 Å². The predicted octanol–water partition coefficient (Wildman–Crippen LogP) is 1.96. The Kier molecular flexibility index (Phi) is 5.73. The van der Waals surface area contributed by atoms with Gasteiger partial charge in [-0.15, -0.1) is 0 Å². The lowest BCUT2D eigenvalue weighted by Crippen LogP contribution is -2.43. The van der Waals surface area contributed by atoms with E-state index in [2.05, 4.69) is 15.5 Å². The number of halogens is 1. The van der Waals surface area contributed by atoms with E-state index in [9.17, 15) is 14.0 Å². The van der Waals surface area contributed by atoms with Crippen LogP contribution in [0.2, 0.25) is 0 Å². The van der Waals surface area contributed by atoms with Crippen LogP contribution < -0.4 is 15.4 Å². The zero-order valence-corrected chi connectivity index (χ0v) is 15.8. The molecule has 0 aliphatic carbocycles. The van der Waals surface area contributed by atoms with E-state index in [0.717, 1.165) is 18.7 Å². The lowest BCUT2D eigenvalue weighted by atomic mass is 10.0. The van der Waals surface area contributed by atoms with Crippen LogP contribution in [-0.2, 0) is 9.53 Å². The van der Waals surface area contributed by atoms with Gasteiger partial charge in [0.15, 0.2) is 6.61 Å². The van der Waals surface area contributed by atoms with E-state index in [1.54, 1.807) is 30.3 Å². The van der Waals surface area contributed by atoms with Gasteiger partial charge in [-0.25, -0.2) is 4.39 Å². The van der Waals surface area contributed by atoms with Crippen molar-refractivity contribution in [3.05, 3.63) is 59.4 Å². The van der Waals surface area contributed by atoms with E-state index in [-0.39, 0.29) is 30.3 Å². The van der Waals surface area contributed by atoms with Crippen LogP contribution in [0.3, 0.4) is 0 Å². The Labute approximate surface area is 167 Å². The summed E-state index contributed by atoms with van der Waals surface area (Å²) < 4.78 is 24.1. The van der Waals surface area contributed by atoms with Gasteiger partial charge in [-0.1, -0.05) is 12.1 Å². The van der Waals surface area contributed by atoms with Crippen molar-refractivity contribution in [2.45, 2.75) is 6.04 Å². The maximum atomic E-state index is 13.3. The first-order valence-electron chi connectivity index (χ1n) is 9.52. The zero-order chi connectivity index (χ0) is 20.2. The van der Waals surface area contributed by atoms with Crippen molar-refractivity contribution < 1.29 is 23.5 Å². The summed E-state index contributed by atoms with van der Waals surface area (Å²) in [4.78, 5) is 26.4. The number of nitrogens with zero attached hydrogens (tertiary/aromatic N) is 1. The summed E-state index contributed by atoms with van der Waals surface area (Å²) in [5.41, 5.74) is 1.84. The third kappa shape index (κ3) is 4.55. The van der Waals surface area contributed by atoms with Crippen molar-refractivity contribution in [3.63, 3.8) is 0 Å². The van der Waals surface area contributed by atoms with Crippen molar-refractivity contribution >= 4 is 17.5 Å². The number of fused-ring (bicyclic) bond motifs is 1. The summed E-state index contributed by atoms with van der Waals surface area (Å²) in [6.45, 7) is 3.05. The van der Waals surface area contributed by atoms with Crippen LogP contribution in [0.4, 0.5) is 10.1 Å². The van der Waals surface area contributed by atoms with Crippen LogP contribution in [-0.4, -0.2) is 56.2 Å². The number of carbonyl (C=O) groups is 2. The topological polar surface area (TPSA) is 79.9 Å². The normalized spacial score (nSPS) is 17.6. The fraction of sp³-hybridized carbons (Fsp3) is 0.333. The van der Waals surface area contributed by atoms with Crippen molar-refractivity contribution in [2.75, 3.05) is 44.8 Å². The van der Waals surface area contributed by atoms with Gasteiger partial charge < -0.3 is 20.1 Å². The van der Waals surface area contributed by atoms with E-state index < -0.39 is 0 Å². The fourth-order valence-electron chi connectivity index (χ4n) is 3.55. The van der Waals surface area contributed by atoms with Crippen molar-refractivity contribution in [1.82, 2.24) is 10.2 Å².